The number of anilines is 1. The normalized spacial score (nSPS) is 28.0. The Kier molecular flexibility index (Phi) is 6.84. The van der Waals surface area contributed by atoms with Crippen LogP contribution in [0.1, 0.15) is 67.3 Å². The van der Waals surface area contributed by atoms with E-state index >= 15 is 0 Å². The van der Waals surface area contributed by atoms with Gasteiger partial charge in [-0.15, -0.1) is 0 Å². The van der Waals surface area contributed by atoms with Gasteiger partial charge in [-0.3, -0.25) is 0 Å². The lowest BCUT2D eigenvalue weighted by Gasteiger charge is -2.76. The van der Waals surface area contributed by atoms with Crippen molar-refractivity contribution in [2.24, 2.45) is 29.1 Å². The van der Waals surface area contributed by atoms with Gasteiger partial charge in [0.15, 0.2) is 0 Å². The summed E-state index contributed by atoms with van der Waals surface area (Å²) in [6, 6.07) is 40.2. The maximum absolute atomic E-state index is 6.45. The predicted octanol–water partition coefficient (Wildman–Crippen LogP) is 11.6. The molecule has 0 amide bonds. The van der Waals surface area contributed by atoms with Crippen LogP contribution in [-0.2, 0) is 5.41 Å². The Morgan fingerprint density at radius 1 is 0.565 bits per heavy atom. The third kappa shape index (κ3) is 3.87. The van der Waals surface area contributed by atoms with Crippen LogP contribution in [0.5, 0.6) is 0 Å². The smallest absolute Gasteiger partial charge is 0.0317 e. The van der Waals surface area contributed by atoms with Crippen LogP contribution in [0.3, 0.4) is 0 Å². The monoisotopic (exact) mass is 601 g/mol. The summed E-state index contributed by atoms with van der Waals surface area (Å²) in [4.78, 5) is 0. The molecule has 0 aromatic heterocycles. The van der Waals surface area contributed by atoms with Crippen molar-refractivity contribution < 1.29 is 0 Å². The minimum Gasteiger partial charge on any atom is -0.399 e. The van der Waals surface area contributed by atoms with Gasteiger partial charge in [-0.1, -0.05) is 104 Å². The van der Waals surface area contributed by atoms with Gasteiger partial charge in [0.1, 0.15) is 0 Å². The van der Waals surface area contributed by atoms with Gasteiger partial charge in [0.05, 0.1) is 0 Å². The van der Waals surface area contributed by atoms with E-state index in [1.54, 1.807) is 11.1 Å². The van der Waals surface area contributed by atoms with Crippen LogP contribution in [0.2, 0.25) is 0 Å². The first kappa shape index (κ1) is 29.3. The second kappa shape index (κ2) is 10.7. The lowest BCUT2D eigenvalue weighted by atomic mass is 9.27. The molecule has 0 saturated heterocycles. The van der Waals surface area contributed by atoms with Crippen LogP contribution in [0.4, 0.5) is 5.69 Å². The summed E-state index contributed by atoms with van der Waals surface area (Å²) in [7, 11) is 0. The molecule has 4 fully saturated rings. The number of benzene rings is 5. The largest absolute Gasteiger partial charge is 0.399 e. The molecule has 2 bridgehead atoms. The molecule has 5 aliphatic rings. The first-order chi connectivity index (χ1) is 22.4. The Hall–Kier alpha value is -4.10. The van der Waals surface area contributed by atoms with Crippen molar-refractivity contribution in [1.82, 2.24) is 0 Å². The van der Waals surface area contributed by atoms with Crippen molar-refractivity contribution in [1.29, 1.82) is 0 Å². The summed E-state index contributed by atoms with van der Waals surface area (Å²) in [5.74, 6) is 3.62. The fraction of sp³-hybridized carbons (Fsp3) is 0.333. The molecule has 232 valence electrons. The van der Waals surface area contributed by atoms with Crippen molar-refractivity contribution in [2.45, 2.75) is 65.7 Å². The third-order valence-corrected chi connectivity index (χ3v) is 12.7. The van der Waals surface area contributed by atoms with Crippen LogP contribution in [0, 0.1) is 49.9 Å². The Morgan fingerprint density at radius 3 is 1.96 bits per heavy atom. The summed E-state index contributed by atoms with van der Waals surface area (Å²) >= 11 is 0. The Morgan fingerprint density at radius 2 is 1.24 bits per heavy atom. The molecule has 10 rings (SSSR count). The molecule has 0 heterocycles. The molecule has 5 aromatic carbocycles. The average molecular weight is 602 g/mol. The molecule has 4 saturated carbocycles. The van der Waals surface area contributed by atoms with Crippen molar-refractivity contribution >= 4 is 5.69 Å². The molecule has 5 aliphatic carbocycles. The maximum Gasteiger partial charge on any atom is 0.0317 e. The van der Waals surface area contributed by atoms with Gasteiger partial charge < -0.3 is 5.73 Å². The van der Waals surface area contributed by atoms with Crippen molar-refractivity contribution in [3.8, 4) is 33.4 Å². The van der Waals surface area contributed by atoms with E-state index < -0.39 is 0 Å². The molecule has 0 radical (unpaired) electrons. The molecule has 2 N–H and O–H groups in total. The number of rotatable bonds is 2. The maximum atomic E-state index is 6.45. The Bertz CT molecular complexity index is 1950. The van der Waals surface area contributed by atoms with E-state index in [9.17, 15) is 0 Å². The summed E-state index contributed by atoms with van der Waals surface area (Å²) in [6.07, 6.45) is 5.88. The minimum atomic E-state index is 0.212. The number of aryl methyl sites for hydroxylation is 3. The van der Waals surface area contributed by atoms with Gasteiger partial charge >= 0.3 is 0 Å². The van der Waals surface area contributed by atoms with E-state index in [0.29, 0.717) is 5.41 Å². The first-order valence-electron chi connectivity index (χ1n) is 17.6. The van der Waals surface area contributed by atoms with Gasteiger partial charge in [-0.25, -0.2) is 0 Å². The quantitative estimate of drug-likeness (QED) is 0.200. The lowest BCUT2D eigenvalue weighted by molar-refractivity contribution is -0.231. The molecule has 5 aromatic rings. The molecule has 1 nitrogen and oxygen atoms in total. The summed E-state index contributed by atoms with van der Waals surface area (Å²) in [5, 5.41) is 0. The highest BCUT2D eigenvalue weighted by molar-refractivity contribution is 5.88. The van der Waals surface area contributed by atoms with Gasteiger partial charge in [0.25, 0.3) is 0 Å². The van der Waals surface area contributed by atoms with Crippen LogP contribution < -0.4 is 5.73 Å². The highest BCUT2D eigenvalue weighted by atomic mass is 14.9. The molecule has 1 heteroatoms. The Balaban J connectivity index is 0.000000306. The molecule has 6 unspecified atom stereocenters. The van der Waals surface area contributed by atoms with E-state index in [2.05, 4.69) is 112 Å². The van der Waals surface area contributed by atoms with Crippen LogP contribution >= 0.6 is 0 Å². The zero-order valence-electron chi connectivity index (χ0n) is 28.1. The summed E-state index contributed by atoms with van der Waals surface area (Å²) in [6.45, 7) is 10.5. The van der Waals surface area contributed by atoms with E-state index in [0.717, 1.165) is 29.4 Å². The molecular formula is C45H47N. The van der Waals surface area contributed by atoms with Crippen LogP contribution in [0.25, 0.3) is 33.4 Å². The van der Waals surface area contributed by atoms with Crippen molar-refractivity contribution in [2.75, 3.05) is 5.73 Å². The number of hydrogen-bond donors (Lipinski definition) is 1. The second-order valence-corrected chi connectivity index (χ2v) is 14.6. The third-order valence-electron chi connectivity index (χ3n) is 12.7. The van der Waals surface area contributed by atoms with Crippen molar-refractivity contribution in [3.63, 3.8) is 0 Å². The fourth-order valence-electron chi connectivity index (χ4n) is 11.1. The van der Waals surface area contributed by atoms with E-state index in [-0.39, 0.29) is 5.41 Å². The average Bonchev–Trinajstić information content (AvgIpc) is 3.70. The topological polar surface area (TPSA) is 26.0 Å². The van der Waals surface area contributed by atoms with Gasteiger partial charge in [-0.05, 0) is 155 Å². The number of fused-ring (bicyclic) bond motifs is 8. The van der Waals surface area contributed by atoms with E-state index in [4.69, 9.17) is 5.73 Å². The Labute approximate surface area is 275 Å². The first-order valence-corrected chi connectivity index (χ1v) is 17.6. The van der Waals surface area contributed by atoms with Gasteiger partial charge in [0, 0.05) is 11.1 Å². The standard InChI is InChI=1S/C36H33N.C7H8.C2H6/c1-20-5-3-4-6-27(20)29-15-23(8-7-21(29)2)24-9-12-31-30(16-24)28-11-10-26(37)18-32(28)36(31)33-14-22-13-25-17-34(36)35(25,33)19-22;1-7-5-3-2-4-6-7;1-2/h3-12,15-16,18,22,25,33-34H,13-14,17,19,37H2,1-2H3;2-6H,1H3;1-2H3. The molecule has 6 atom stereocenters. The zero-order valence-corrected chi connectivity index (χ0v) is 28.1. The van der Waals surface area contributed by atoms with Crippen LogP contribution in [0.15, 0.2) is 109 Å². The number of hydrogen-bond acceptors (Lipinski definition) is 1. The van der Waals surface area contributed by atoms with E-state index in [1.165, 1.54) is 75.8 Å². The fourth-order valence-corrected chi connectivity index (χ4v) is 11.1. The summed E-state index contributed by atoms with van der Waals surface area (Å²) < 4.78 is 0. The zero-order chi connectivity index (χ0) is 31.8. The molecule has 2 spiro atoms. The van der Waals surface area contributed by atoms with Crippen LogP contribution in [-0.4, -0.2) is 0 Å². The van der Waals surface area contributed by atoms with E-state index in [1.807, 2.05) is 32.0 Å². The van der Waals surface area contributed by atoms with Crippen molar-refractivity contribution in [3.05, 3.63) is 137 Å². The highest BCUT2D eigenvalue weighted by Gasteiger charge is 2.84. The molecule has 46 heavy (non-hydrogen) atoms. The van der Waals surface area contributed by atoms with Gasteiger partial charge in [0.2, 0.25) is 0 Å². The van der Waals surface area contributed by atoms with Gasteiger partial charge in [-0.2, -0.15) is 0 Å². The lowest BCUT2D eigenvalue weighted by Crippen LogP contribution is -2.73. The predicted molar refractivity (Wildman–Crippen MR) is 195 cm³/mol. The molecule has 0 aliphatic heterocycles. The highest BCUT2D eigenvalue weighted by Crippen LogP contribution is 2.89. The molecular weight excluding hydrogens is 555 g/mol. The summed E-state index contributed by atoms with van der Waals surface area (Å²) in [5.41, 5.74) is 23.6. The second-order valence-electron chi connectivity index (χ2n) is 14.6. The number of nitrogen functional groups attached to an aromatic ring is 1. The number of nitrogens with two attached hydrogens (primary N) is 1. The SMILES string of the molecule is CC.Cc1ccccc1.Cc1ccccc1-c1cc(-c2ccc3c(c2)-c2ccc(N)cc2C32C3CC4CC5CC2C53C4)ccc1C. The minimum absolute atomic E-state index is 0.212.